The van der Waals surface area contributed by atoms with Crippen LogP contribution in [0.25, 0.3) is 0 Å². The van der Waals surface area contributed by atoms with Crippen LogP contribution in [0.5, 0.6) is 5.75 Å². The lowest BCUT2D eigenvalue weighted by molar-refractivity contribution is -0.116. The van der Waals surface area contributed by atoms with E-state index in [-0.39, 0.29) is 12.3 Å². The summed E-state index contributed by atoms with van der Waals surface area (Å²) >= 11 is 5.29. The maximum Gasteiger partial charge on any atom is 0.238 e. The first kappa shape index (κ1) is 17.4. The van der Waals surface area contributed by atoms with Gasteiger partial charge in [0, 0.05) is 11.8 Å². The van der Waals surface area contributed by atoms with Crippen LogP contribution in [0.1, 0.15) is 32.6 Å². The van der Waals surface area contributed by atoms with E-state index in [0.29, 0.717) is 11.6 Å². The number of nitrogens with zero attached hydrogens (tertiary/aromatic N) is 1. The van der Waals surface area contributed by atoms with E-state index in [1.807, 2.05) is 48.5 Å². The smallest absolute Gasteiger partial charge is 0.238 e. The number of nitrogens with one attached hydrogen (secondary N) is 1. The lowest BCUT2D eigenvalue weighted by Gasteiger charge is -2.23. The Kier molecular flexibility index (Phi) is 5.66. The summed E-state index contributed by atoms with van der Waals surface area (Å²) in [6.45, 7) is 2.85. The lowest BCUT2D eigenvalue weighted by atomic mass is 10.2. The molecule has 2 aromatic carbocycles. The number of para-hydroxylation sites is 1. The summed E-state index contributed by atoms with van der Waals surface area (Å²) in [5.41, 5.74) is 2.41. The van der Waals surface area contributed by atoms with E-state index in [1.165, 1.54) is 0 Å². The lowest BCUT2D eigenvalue weighted by Crippen LogP contribution is -2.25. The third-order valence-corrected chi connectivity index (χ3v) is 4.32. The Bertz CT molecular complexity index is 762. The van der Waals surface area contributed by atoms with Crippen LogP contribution in [0, 0.1) is 0 Å². The van der Waals surface area contributed by atoms with Crippen molar-refractivity contribution in [1.82, 2.24) is 0 Å². The van der Waals surface area contributed by atoms with Gasteiger partial charge in [-0.3, -0.25) is 9.69 Å². The van der Waals surface area contributed by atoms with Gasteiger partial charge in [0.1, 0.15) is 5.75 Å². The number of carbonyl (C=O) groups is 1. The summed E-state index contributed by atoms with van der Waals surface area (Å²) in [4.78, 5) is 15.0. The van der Waals surface area contributed by atoms with Crippen LogP contribution in [0.3, 0.4) is 0 Å². The molecule has 0 aliphatic carbocycles. The van der Waals surface area contributed by atoms with Gasteiger partial charge in [0.2, 0.25) is 5.91 Å². The summed E-state index contributed by atoms with van der Waals surface area (Å²) < 4.78 is 5.86. The molecule has 25 heavy (non-hydrogen) atoms. The minimum absolute atomic E-state index is 0.0504. The van der Waals surface area contributed by atoms with Crippen LogP contribution >= 0.6 is 12.2 Å². The fraction of sp³-hybridized carbons (Fsp3) is 0.300. The van der Waals surface area contributed by atoms with Crippen LogP contribution in [0.4, 0.5) is 17.1 Å². The van der Waals surface area contributed by atoms with E-state index in [1.54, 1.807) is 4.90 Å². The monoisotopic (exact) mass is 354 g/mol. The van der Waals surface area contributed by atoms with Crippen LogP contribution in [-0.2, 0) is 4.79 Å². The zero-order valence-corrected chi connectivity index (χ0v) is 15.1. The molecule has 0 fully saturated rings. The third-order valence-electron chi connectivity index (χ3n) is 4.08. The number of rotatable bonds is 6. The number of unbranched alkanes of at least 4 members (excludes halogenated alkanes) is 2. The molecule has 2 aromatic rings. The molecule has 1 N–H and O–H groups in total. The van der Waals surface area contributed by atoms with Crippen molar-refractivity contribution < 1.29 is 9.53 Å². The number of fused-ring (bicyclic) bond motifs is 1. The number of benzene rings is 2. The molecule has 0 saturated carbocycles. The Morgan fingerprint density at radius 2 is 1.96 bits per heavy atom. The first-order chi connectivity index (χ1) is 12.2. The minimum Gasteiger partial charge on any atom is -0.494 e. The first-order valence-corrected chi connectivity index (χ1v) is 9.04. The van der Waals surface area contributed by atoms with Crippen molar-refractivity contribution in [3.05, 3.63) is 48.5 Å². The Morgan fingerprint density at radius 3 is 2.72 bits per heavy atom. The number of hydrogen-bond acceptors (Lipinski definition) is 3. The molecule has 0 bridgehead atoms. The van der Waals surface area contributed by atoms with Crippen molar-refractivity contribution in [2.75, 3.05) is 16.8 Å². The third kappa shape index (κ3) is 4.17. The highest BCUT2D eigenvalue weighted by atomic mass is 32.1. The van der Waals surface area contributed by atoms with E-state index < -0.39 is 0 Å². The predicted octanol–water partition coefficient (Wildman–Crippen LogP) is 5.06. The number of thiocarbonyl (C=S) groups is 1. The van der Waals surface area contributed by atoms with Crippen LogP contribution in [0.15, 0.2) is 48.5 Å². The van der Waals surface area contributed by atoms with E-state index in [9.17, 15) is 4.79 Å². The highest BCUT2D eigenvalue weighted by Gasteiger charge is 2.26. The van der Waals surface area contributed by atoms with Gasteiger partial charge in [-0.1, -0.05) is 50.2 Å². The average Bonchev–Trinajstić information content (AvgIpc) is 2.73. The summed E-state index contributed by atoms with van der Waals surface area (Å²) in [7, 11) is 0. The molecule has 0 atom stereocenters. The molecule has 0 saturated heterocycles. The second-order valence-electron chi connectivity index (χ2n) is 6.02. The van der Waals surface area contributed by atoms with Gasteiger partial charge in [-0.2, -0.15) is 0 Å². The zero-order chi connectivity index (χ0) is 17.6. The van der Waals surface area contributed by atoms with Crippen molar-refractivity contribution in [2.24, 2.45) is 0 Å². The van der Waals surface area contributed by atoms with E-state index in [0.717, 1.165) is 42.1 Å². The quantitative estimate of drug-likeness (QED) is 0.581. The number of anilines is 3. The van der Waals surface area contributed by atoms with Crippen molar-refractivity contribution in [1.29, 1.82) is 0 Å². The largest absolute Gasteiger partial charge is 0.494 e. The molecule has 0 aromatic heterocycles. The molecule has 5 heteroatoms. The maximum absolute atomic E-state index is 12.8. The highest BCUT2D eigenvalue weighted by molar-refractivity contribution is 7.80. The second-order valence-corrected chi connectivity index (χ2v) is 6.52. The number of carbonyl (C=O) groups excluding carboxylic acids is 1. The fourth-order valence-corrected chi connectivity index (χ4v) is 3.07. The Hall–Kier alpha value is -2.40. The molecule has 1 amide bonds. The molecular weight excluding hydrogens is 332 g/mol. The van der Waals surface area contributed by atoms with E-state index in [2.05, 4.69) is 12.2 Å². The van der Waals surface area contributed by atoms with Crippen LogP contribution < -0.4 is 15.0 Å². The topological polar surface area (TPSA) is 41.6 Å². The molecule has 1 aliphatic rings. The molecule has 4 nitrogen and oxygen atoms in total. The summed E-state index contributed by atoms with van der Waals surface area (Å²) in [5.74, 6) is 0.712. The van der Waals surface area contributed by atoms with Gasteiger partial charge < -0.3 is 10.1 Å². The normalized spacial score (nSPS) is 13.9. The van der Waals surface area contributed by atoms with E-state index in [4.69, 9.17) is 17.0 Å². The number of amides is 1. The zero-order valence-electron chi connectivity index (χ0n) is 14.3. The van der Waals surface area contributed by atoms with Gasteiger partial charge in [-0.25, -0.2) is 0 Å². The number of hydrogen-bond donors (Lipinski definition) is 1. The molecule has 130 valence electrons. The van der Waals surface area contributed by atoms with E-state index >= 15 is 0 Å². The minimum atomic E-state index is -0.0504. The molecule has 1 heterocycles. The van der Waals surface area contributed by atoms with Gasteiger partial charge in [0.25, 0.3) is 0 Å². The summed E-state index contributed by atoms with van der Waals surface area (Å²) in [5, 5.41) is 3.17. The van der Waals surface area contributed by atoms with Gasteiger partial charge in [-0.15, -0.1) is 0 Å². The SMILES string of the molecule is CCCCCOc1ccc2c(c1)N(c1ccccc1)C(=O)CC(=S)N2. The standard InChI is InChI=1S/C20H22N2O2S/c1-2-3-7-12-24-16-10-11-17-18(13-16)22(15-8-5-4-6-9-15)20(23)14-19(25)21-17/h4-6,8-11,13H,2-3,7,12,14H2,1H3,(H,21,25). The number of ether oxygens (including phenoxy) is 1. The molecule has 1 aliphatic heterocycles. The summed E-state index contributed by atoms with van der Waals surface area (Å²) in [6.07, 6.45) is 3.52. The van der Waals surface area contributed by atoms with Gasteiger partial charge >= 0.3 is 0 Å². The van der Waals surface area contributed by atoms with Crippen molar-refractivity contribution in [3.63, 3.8) is 0 Å². The van der Waals surface area contributed by atoms with Gasteiger partial charge in [-0.05, 0) is 30.7 Å². The second kappa shape index (κ2) is 8.12. The van der Waals surface area contributed by atoms with Crippen LogP contribution in [-0.4, -0.2) is 17.5 Å². The highest BCUT2D eigenvalue weighted by Crippen LogP contribution is 2.37. The predicted molar refractivity (Wildman–Crippen MR) is 106 cm³/mol. The first-order valence-electron chi connectivity index (χ1n) is 8.63. The molecule has 0 spiro atoms. The summed E-state index contributed by atoms with van der Waals surface area (Å²) in [6, 6.07) is 15.4. The average molecular weight is 354 g/mol. The van der Waals surface area contributed by atoms with Crippen LogP contribution in [0.2, 0.25) is 0 Å². The molecule has 0 radical (unpaired) electrons. The molecule has 0 unspecified atom stereocenters. The van der Waals surface area contributed by atoms with Gasteiger partial charge in [0.05, 0.1) is 29.4 Å². The van der Waals surface area contributed by atoms with Crippen molar-refractivity contribution >= 4 is 40.2 Å². The fourth-order valence-electron chi connectivity index (χ4n) is 2.84. The Labute approximate surface area is 153 Å². The molecular formula is C20H22N2O2S. The van der Waals surface area contributed by atoms with Crippen molar-refractivity contribution in [2.45, 2.75) is 32.6 Å². The Morgan fingerprint density at radius 1 is 1.16 bits per heavy atom. The maximum atomic E-state index is 12.8. The van der Waals surface area contributed by atoms with Crippen molar-refractivity contribution in [3.8, 4) is 5.75 Å². The molecule has 3 rings (SSSR count). The Balaban J connectivity index is 1.94. The van der Waals surface area contributed by atoms with Gasteiger partial charge in [0.15, 0.2) is 0 Å².